The summed E-state index contributed by atoms with van der Waals surface area (Å²) in [5.74, 6) is -0.590. The monoisotopic (exact) mass is 490 g/mol. The molecule has 0 fully saturated rings. The van der Waals surface area contributed by atoms with Crippen molar-refractivity contribution in [3.63, 3.8) is 0 Å². The third-order valence-corrected chi connectivity index (χ3v) is 5.32. The molecular formula is C23H21Cl3N4O2. The molecule has 5 N–H and O–H groups in total. The number of anilines is 3. The van der Waals surface area contributed by atoms with E-state index in [1.807, 2.05) is 12.1 Å². The van der Waals surface area contributed by atoms with Crippen molar-refractivity contribution in [3.05, 3.63) is 87.4 Å². The minimum atomic E-state index is -0.860. The molecule has 6 nitrogen and oxygen atoms in total. The Balaban J connectivity index is 1.53. The summed E-state index contributed by atoms with van der Waals surface area (Å²) in [6.45, 7) is 0. The van der Waals surface area contributed by atoms with Crippen molar-refractivity contribution in [2.24, 2.45) is 5.73 Å². The highest BCUT2D eigenvalue weighted by atomic mass is 35.5. The van der Waals surface area contributed by atoms with Crippen molar-refractivity contribution in [2.45, 2.75) is 18.9 Å². The molecule has 1 atom stereocenters. The molecule has 0 aromatic heterocycles. The van der Waals surface area contributed by atoms with Crippen LogP contribution in [0.15, 0.2) is 66.7 Å². The van der Waals surface area contributed by atoms with Gasteiger partial charge in [-0.15, -0.1) is 0 Å². The van der Waals surface area contributed by atoms with E-state index in [0.717, 1.165) is 5.69 Å². The third kappa shape index (κ3) is 6.87. The smallest absolute Gasteiger partial charge is 0.224 e. The van der Waals surface area contributed by atoms with Crippen LogP contribution >= 0.6 is 34.8 Å². The molecule has 0 bridgehead atoms. The van der Waals surface area contributed by atoms with Crippen molar-refractivity contribution < 1.29 is 9.59 Å². The maximum absolute atomic E-state index is 12.7. The van der Waals surface area contributed by atoms with E-state index < -0.39 is 6.04 Å². The Morgan fingerprint density at radius 2 is 1.41 bits per heavy atom. The minimum Gasteiger partial charge on any atom is -0.326 e. The number of amides is 1. The van der Waals surface area contributed by atoms with E-state index in [2.05, 4.69) is 16.2 Å². The molecule has 0 saturated carbocycles. The fraction of sp³-hybridized carbons (Fsp3) is 0.130. The van der Waals surface area contributed by atoms with Crippen LogP contribution in [0.25, 0.3) is 0 Å². The highest BCUT2D eigenvalue weighted by Gasteiger charge is 2.20. The molecule has 3 rings (SSSR count). The summed E-state index contributed by atoms with van der Waals surface area (Å²) < 4.78 is 0. The van der Waals surface area contributed by atoms with Gasteiger partial charge in [0.25, 0.3) is 0 Å². The summed E-state index contributed by atoms with van der Waals surface area (Å²) in [6.07, 6.45) is 0.262. The highest BCUT2D eigenvalue weighted by Crippen LogP contribution is 2.24. The Morgan fingerprint density at radius 1 is 0.812 bits per heavy atom. The van der Waals surface area contributed by atoms with Gasteiger partial charge < -0.3 is 21.9 Å². The van der Waals surface area contributed by atoms with E-state index >= 15 is 0 Å². The highest BCUT2D eigenvalue weighted by molar-refractivity contribution is 6.34. The Morgan fingerprint density at radius 3 is 2.03 bits per heavy atom. The Hall–Kier alpha value is -2.77. The van der Waals surface area contributed by atoms with Crippen molar-refractivity contribution in [1.29, 1.82) is 0 Å². The van der Waals surface area contributed by atoms with Gasteiger partial charge in [0.2, 0.25) is 5.91 Å². The standard InChI is InChI=1S/C23H21Cl3N4O2/c24-14-3-1-5-16(11-14)28-22(31)10-9-21(27)23(32)19-8-7-18(13-20(19)26)30-29-17-6-2-4-15(25)12-17/h1-8,11-13,21,29-30H,9-10,27H2,(H,28,31). The SMILES string of the molecule is NC(CCC(=O)Nc1cccc(Cl)c1)C(=O)c1ccc(NNc2cccc(Cl)c2)cc1Cl. The number of hydrogen-bond donors (Lipinski definition) is 4. The number of halogens is 3. The second-order valence-corrected chi connectivity index (χ2v) is 8.30. The van der Waals surface area contributed by atoms with Gasteiger partial charge >= 0.3 is 0 Å². The number of carbonyl (C=O) groups is 2. The summed E-state index contributed by atoms with van der Waals surface area (Å²) in [5, 5.41) is 4.10. The van der Waals surface area contributed by atoms with Gasteiger partial charge in [0.15, 0.2) is 5.78 Å². The first-order valence-electron chi connectivity index (χ1n) is 9.74. The zero-order valence-electron chi connectivity index (χ0n) is 16.9. The van der Waals surface area contributed by atoms with Gasteiger partial charge in [0.1, 0.15) is 0 Å². The van der Waals surface area contributed by atoms with E-state index in [1.165, 1.54) is 0 Å². The average Bonchev–Trinajstić information content (AvgIpc) is 2.76. The molecule has 32 heavy (non-hydrogen) atoms. The normalized spacial score (nSPS) is 11.5. The molecule has 0 saturated heterocycles. The molecular weight excluding hydrogens is 471 g/mol. The molecule has 0 heterocycles. The third-order valence-electron chi connectivity index (χ3n) is 4.54. The lowest BCUT2D eigenvalue weighted by Crippen LogP contribution is -2.32. The van der Waals surface area contributed by atoms with Gasteiger partial charge in [-0.2, -0.15) is 0 Å². The largest absolute Gasteiger partial charge is 0.326 e. The van der Waals surface area contributed by atoms with Gasteiger partial charge in [-0.05, 0) is 61.0 Å². The predicted octanol–water partition coefficient (Wildman–Crippen LogP) is 6.01. The lowest BCUT2D eigenvalue weighted by molar-refractivity contribution is -0.116. The van der Waals surface area contributed by atoms with Gasteiger partial charge in [0, 0.05) is 27.7 Å². The first-order chi connectivity index (χ1) is 15.3. The summed E-state index contributed by atoms with van der Waals surface area (Å²) in [7, 11) is 0. The summed E-state index contributed by atoms with van der Waals surface area (Å²) in [6, 6.07) is 18.1. The number of Topliss-reactive ketones (excluding diaryl/α,β-unsaturated/α-hetero) is 1. The molecule has 0 spiro atoms. The first kappa shape index (κ1) is 23.9. The summed E-state index contributed by atoms with van der Waals surface area (Å²) in [4.78, 5) is 24.8. The van der Waals surface area contributed by atoms with Gasteiger partial charge in [-0.3, -0.25) is 9.59 Å². The number of hydrazine groups is 1. The summed E-state index contributed by atoms with van der Waals surface area (Å²) >= 11 is 18.2. The molecule has 0 aliphatic carbocycles. The van der Waals surface area contributed by atoms with Gasteiger partial charge in [-0.25, -0.2) is 0 Å². The zero-order valence-corrected chi connectivity index (χ0v) is 19.1. The van der Waals surface area contributed by atoms with Crippen molar-refractivity contribution in [3.8, 4) is 0 Å². The average molecular weight is 492 g/mol. The number of benzene rings is 3. The predicted molar refractivity (Wildman–Crippen MR) is 132 cm³/mol. The van der Waals surface area contributed by atoms with Crippen LogP contribution in [-0.4, -0.2) is 17.7 Å². The molecule has 1 amide bonds. The number of hydrogen-bond acceptors (Lipinski definition) is 5. The molecule has 9 heteroatoms. The second-order valence-electron chi connectivity index (χ2n) is 7.02. The van der Waals surface area contributed by atoms with Gasteiger partial charge in [0.05, 0.1) is 22.4 Å². The molecule has 166 valence electrons. The Kier molecular flexibility index (Phi) is 8.36. The van der Waals surface area contributed by atoms with E-state index in [4.69, 9.17) is 40.5 Å². The van der Waals surface area contributed by atoms with Crippen LogP contribution in [-0.2, 0) is 4.79 Å². The fourth-order valence-corrected chi connectivity index (χ4v) is 3.56. The quantitative estimate of drug-likeness (QED) is 0.217. The van der Waals surface area contributed by atoms with Crippen LogP contribution in [0.3, 0.4) is 0 Å². The first-order valence-corrected chi connectivity index (χ1v) is 10.9. The van der Waals surface area contributed by atoms with E-state index in [1.54, 1.807) is 54.6 Å². The maximum atomic E-state index is 12.7. The van der Waals surface area contributed by atoms with E-state index in [0.29, 0.717) is 27.0 Å². The van der Waals surface area contributed by atoms with Crippen LogP contribution in [0.5, 0.6) is 0 Å². The lowest BCUT2D eigenvalue weighted by Gasteiger charge is -2.14. The lowest BCUT2D eigenvalue weighted by atomic mass is 10.0. The van der Waals surface area contributed by atoms with Crippen LogP contribution in [0, 0.1) is 0 Å². The number of ketones is 1. The second kappa shape index (κ2) is 11.2. The van der Waals surface area contributed by atoms with E-state index in [9.17, 15) is 9.59 Å². The number of nitrogens with two attached hydrogens (primary N) is 1. The number of rotatable bonds is 9. The topological polar surface area (TPSA) is 96.2 Å². The van der Waals surface area contributed by atoms with Crippen LogP contribution < -0.4 is 21.9 Å². The van der Waals surface area contributed by atoms with E-state index in [-0.39, 0.29) is 29.6 Å². The van der Waals surface area contributed by atoms with Crippen LogP contribution in [0.2, 0.25) is 15.1 Å². The minimum absolute atomic E-state index is 0.0836. The fourth-order valence-electron chi connectivity index (χ4n) is 2.91. The Labute approximate surface area is 201 Å². The molecule has 0 aliphatic rings. The van der Waals surface area contributed by atoms with Gasteiger partial charge in [-0.1, -0.05) is 46.9 Å². The van der Waals surface area contributed by atoms with Crippen molar-refractivity contribution in [2.75, 3.05) is 16.2 Å². The maximum Gasteiger partial charge on any atom is 0.224 e. The number of nitrogens with one attached hydrogen (secondary N) is 3. The van der Waals surface area contributed by atoms with Crippen LogP contribution in [0.1, 0.15) is 23.2 Å². The summed E-state index contributed by atoms with van der Waals surface area (Å²) in [5.41, 5.74) is 14.3. The Bertz CT molecular complexity index is 1120. The van der Waals surface area contributed by atoms with Crippen LogP contribution in [0.4, 0.5) is 17.1 Å². The van der Waals surface area contributed by atoms with Crippen molar-refractivity contribution >= 4 is 63.6 Å². The molecule has 0 radical (unpaired) electrons. The molecule has 3 aromatic rings. The van der Waals surface area contributed by atoms with Crippen molar-refractivity contribution in [1.82, 2.24) is 0 Å². The molecule has 1 unspecified atom stereocenters. The number of carbonyl (C=O) groups excluding carboxylic acids is 2. The molecule has 3 aromatic carbocycles. The zero-order chi connectivity index (χ0) is 23.1. The molecule has 0 aliphatic heterocycles.